The third-order valence-corrected chi connectivity index (χ3v) is 4.24. The van der Waals surface area contributed by atoms with Gasteiger partial charge in [-0.05, 0) is 43.2 Å². The summed E-state index contributed by atoms with van der Waals surface area (Å²) in [5, 5.41) is 0.679. The first-order valence-electron chi connectivity index (χ1n) is 6.54. The Balaban J connectivity index is 2.07. The number of hydrogen-bond donors (Lipinski definition) is 1. The molecule has 102 valence electrons. The summed E-state index contributed by atoms with van der Waals surface area (Å²) in [5.41, 5.74) is 10.0. The highest BCUT2D eigenvalue weighted by Crippen LogP contribution is 2.41. The molecule has 1 atom stereocenters. The van der Waals surface area contributed by atoms with Gasteiger partial charge in [0.2, 0.25) is 0 Å². The molecule has 20 heavy (non-hydrogen) atoms. The minimum absolute atomic E-state index is 0.369. The predicted molar refractivity (Wildman–Crippen MR) is 89.1 cm³/mol. The van der Waals surface area contributed by atoms with Gasteiger partial charge in [0, 0.05) is 17.3 Å². The second kappa shape index (κ2) is 5.08. The fraction of sp³-hybridized carbons (Fsp3) is 0.188. The predicted octanol–water partition coefficient (Wildman–Crippen LogP) is 4.06. The molecule has 0 spiro atoms. The Morgan fingerprint density at radius 1 is 1.25 bits per heavy atom. The van der Waals surface area contributed by atoms with Crippen molar-refractivity contribution in [2.24, 2.45) is 5.73 Å². The van der Waals surface area contributed by atoms with Crippen LogP contribution >= 0.6 is 23.8 Å². The van der Waals surface area contributed by atoms with Gasteiger partial charge in [0.1, 0.15) is 4.99 Å². The first-order valence-corrected chi connectivity index (χ1v) is 7.33. The number of halogens is 1. The molecule has 2 N–H and O–H groups in total. The van der Waals surface area contributed by atoms with Crippen molar-refractivity contribution in [2.75, 3.05) is 4.90 Å². The van der Waals surface area contributed by atoms with E-state index in [4.69, 9.17) is 29.6 Å². The monoisotopic (exact) mass is 302 g/mol. The molecule has 0 aromatic heterocycles. The average Bonchev–Trinajstić information content (AvgIpc) is 2.74. The maximum absolute atomic E-state index is 6.43. The minimum Gasteiger partial charge on any atom is -0.389 e. The summed E-state index contributed by atoms with van der Waals surface area (Å²) in [5.74, 6) is 0. The van der Waals surface area contributed by atoms with Crippen molar-refractivity contribution < 1.29 is 0 Å². The highest BCUT2D eigenvalue weighted by Gasteiger charge is 2.28. The Morgan fingerprint density at radius 2 is 2.00 bits per heavy atom. The summed E-state index contributed by atoms with van der Waals surface area (Å²) in [4.78, 5) is 2.65. The zero-order valence-electron chi connectivity index (χ0n) is 11.1. The van der Waals surface area contributed by atoms with Gasteiger partial charge in [-0.25, -0.2) is 0 Å². The quantitative estimate of drug-likeness (QED) is 0.848. The van der Waals surface area contributed by atoms with Gasteiger partial charge in [-0.15, -0.1) is 0 Å². The third kappa shape index (κ3) is 2.17. The normalized spacial score (nSPS) is 17.1. The zero-order chi connectivity index (χ0) is 14.3. The summed E-state index contributed by atoms with van der Waals surface area (Å²) in [6, 6.07) is 14.6. The van der Waals surface area contributed by atoms with Crippen molar-refractivity contribution in [3.05, 3.63) is 58.6 Å². The second-order valence-corrected chi connectivity index (χ2v) is 5.93. The average molecular weight is 303 g/mol. The second-order valence-electron chi connectivity index (χ2n) is 5.08. The third-order valence-electron chi connectivity index (χ3n) is 3.70. The van der Waals surface area contributed by atoms with Crippen molar-refractivity contribution in [3.63, 3.8) is 0 Å². The van der Waals surface area contributed by atoms with Crippen molar-refractivity contribution in [1.82, 2.24) is 0 Å². The van der Waals surface area contributed by atoms with Crippen LogP contribution in [0, 0.1) is 0 Å². The number of hydrogen-bond acceptors (Lipinski definition) is 2. The number of benzene rings is 2. The summed E-state index contributed by atoms with van der Waals surface area (Å²) in [7, 11) is 0. The Labute approximate surface area is 129 Å². The molecule has 2 aromatic rings. The van der Waals surface area contributed by atoms with E-state index in [2.05, 4.69) is 36.1 Å². The van der Waals surface area contributed by atoms with E-state index in [9.17, 15) is 0 Å². The lowest BCUT2D eigenvalue weighted by Gasteiger charge is -2.26. The molecular weight excluding hydrogens is 288 g/mol. The van der Waals surface area contributed by atoms with Gasteiger partial charge in [-0.1, -0.05) is 42.0 Å². The minimum atomic E-state index is 0.369. The molecule has 2 nitrogen and oxygen atoms in total. The number of para-hydroxylation sites is 1. The fourth-order valence-corrected chi connectivity index (χ4v) is 3.19. The van der Waals surface area contributed by atoms with Crippen molar-refractivity contribution in [2.45, 2.75) is 19.4 Å². The number of thiocarbonyl (C=S) groups is 1. The Kier molecular flexibility index (Phi) is 3.40. The topological polar surface area (TPSA) is 29.3 Å². The molecule has 0 fully saturated rings. The van der Waals surface area contributed by atoms with E-state index >= 15 is 0 Å². The van der Waals surface area contributed by atoms with Crippen molar-refractivity contribution in [1.29, 1.82) is 0 Å². The number of rotatable bonds is 2. The van der Waals surface area contributed by atoms with Crippen LogP contribution in [0.15, 0.2) is 42.5 Å². The van der Waals surface area contributed by atoms with E-state index < -0.39 is 0 Å². The SMILES string of the molecule is CC1Cc2ccccc2N1c1ccc(C(N)=S)cc1Cl. The molecule has 0 radical (unpaired) electrons. The van der Waals surface area contributed by atoms with Crippen LogP contribution in [0.3, 0.4) is 0 Å². The van der Waals surface area contributed by atoms with Crippen molar-refractivity contribution in [3.8, 4) is 0 Å². The van der Waals surface area contributed by atoms with Gasteiger partial charge in [-0.2, -0.15) is 0 Å². The number of fused-ring (bicyclic) bond motifs is 1. The lowest BCUT2D eigenvalue weighted by atomic mass is 10.1. The lowest BCUT2D eigenvalue weighted by molar-refractivity contribution is 0.759. The lowest BCUT2D eigenvalue weighted by Crippen LogP contribution is -2.24. The standard InChI is InChI=1S/C16H15ClN2S/c1-10-8-11-4-2-3-5-14(11)19(10)15-7-6-12(16(18)20)9-13(15)17/h2-7,9-10H,8H2,1H3,(H2,18,20). The van der Waals surface area contributed by atoms with E-state index in [0.29, 0.717) is 16.1 Å². The Bertz CT molecular complexity index is 684. The molecule has 1 unspecified atom stereocenters. The van der Waals surface area contributed by atoms with Gasteiger partial charge in [0.05, 0.1) is 10.7 Å². The zero-order valence-corrected chi connectivity index (χ0v) is 12.7. The van der Waals surface area contributed by atoms with Gasteiger partial charge in [-0.3, -0.25) is 0 Å². The van der Waals surface area contributed by atoms with Crippen LogP contribution in [0.4, 0.5) is 11.4 Å². The largest absolute Gasteiger partial charge is 0.389 e. The molecule has 1 aliphatic rings. The van der Waals surface area contributed by atoms with Crippen LogP contribution in [-0.4, -0.2) is 11.0 Å². The van der Waals surface area contributed by atoms with E-state index in [-0.39, 0.29) is 0 Å². The molecule has 0 saturated carbocycles. The first kappa shape index (κ1) is 13.4. The van der Waals surface area contributed by atoms with E-state index in [1.807, 2.05) is 18.2 Å². The van der Waals surface area contributed by atoms with Crippen LogP contribution in [0.25, 0.3) is 0 Å². The highest BCUT2D eigenvalue weighted by molar-refractivity contribution is 7.80. The molecule has 0 amide bonds. The van der Waals surface area contributed by atoms with Gasteiger partial charge >= 0.3 is 0 Å². The molecule has 0 bridgehead atoms. The molecule has 1 heterocycles. The van der Waals surface area contributed by atoms with Crippen molar-refractivity contribution >= 4 is 40.2 Å². The van der Waals surface area contributed by atoms with Crippen LogP contribution in [0.5, 0.6) is 0 Å². The van der Waals surface area contributed by atoms with E-state index in [0.717, 1.165) is 17.7 Å². The van der Waals surface area contributed by atoms with Crippen LogP contribution in [-0.2, 0) is 6.42 Å². The summed E-state index contributed by atoms with van der Waals surface area (Å²) >= 11 is 11.4. The summed E-state index contributed by atoms with van der Waals surface area (Å²) in [6.45, 7) is 2.21. The highest BCUT2D eigenvalue weighted by atomic mass is 35.5. The number of nitrogens with zero attached hydrogens (tertiary/aromatic N) is 1. The van der Waals surface area contributed by atoms with Crippen LogP contribution in [0.2, 0.25) is 5.02 Å². The van der Waals surface area contributed by atoms with Gasteiger partial charge in [0.15, 0.2) is 0 Å². The molecule has 1 aliphatic heterocycles. The van der Waals surface area contributed by atoms with Crippen LogP contribution < -0.4 is 10.6 Å². The molecule has 4 heteroatoms. The summed E-state index contributed by atoms with van der Waals surface area (Å²) < 4.78 is 0. The molecule has 3 rings (SSSR count). The maximum Gasteiger partial charge on any atom is 0.104 e. The number of nitrogens with two attached hydrogens (primary N) is 1. The fourth-order valence-electron chi connectivity index (χ4n) is 2.79. The maximum atomic E-state index is 6.43. The number of anilines is 2. The first-order chi connectivity index (χ1) is 9.58. The van der Waals surface area contributed by atoms with Gasteiger partial charge < -0.3 is 10.6 Å². The van der Waals surface area contributed by atoms with Gasteiger partial charge in [0.25, 0.3) is 0 Å². The Morgan fingerprint density at radius 3 is 2.70 bits per heavy atom. The van der Waals surface area contributed by atoms with E-state index in [1.165, 1.54) is 11.3 Å². The Hall–Kier alpha value is -1.58. The molecule has 2 aromatic carbocycles. The smallest absolute Gasteiger partial charge is 0.104 e. The van der Waals surface area contributed by atoms with E-state index in [1.54, 1.807) is 0 Å². The molecule has 0 aliphatic carbocycles. The summed E-state index contributed by atoms with van der Waals surface area (Å²) in [6.07, 6.45) is 1.03. The van der Waals surface area contributed by atoms with Crippen LogP contribution in [0.1, 0.15) is 18.1 Å². The molecular formula is C16H15ClN2S. The molecule has 0 saturated heterocycles.